The van der Waals surface area contributed by atoms with Gasteiger partial charge in [0, 0.05) is 24.8 Å². The van der Waals surface area contributed by atoms with Crippen molar-refractivity contribution in [2.45, 2.75) is 38.0 Å². The molecule has 0 aliphatic carbocycles. The zero-order chi connectivity index (χ0) is 17.0. The van der Waals surface area contributed by atoms with Crippen LogP contribution in [-0.4, -0.2) is 38.8 Å². The van der Waals surface area contributed by atoms with Crippen LogP contribution in [0.25, 0.3) is 0 Å². The van der Waals surface area contributed by atoms with E-state index in [0.29, 0.717) is 31.1 Å². The van der Waals surface area contributed by atoms with Gasteiger partial charge in [-0.1, -0.05) is 30.7 Å². The minimum Gasteiger partial charge on any atom is -0.381 e. The standard InChI is InChI=1S/C19H27ClN2O2/c1-18(5-9-21-10-6-18)14-22-17(23)19(7-11-24-12-8-19)15-3-2-4-16(20)13-15/h2-4,13,21H,5-12,14H2,1H3,(H,22,23). The molecule has 0 unspecified atom stereocenters. The van der Waals surface area contributed by atoms with Gasteiger partial charge in [0.05, 0.1) is 5.41 Å². The Labute approximate surface area is 149 Å². The SMILES string of the molecule is CC1(CNC(=O)C2(c3cccc(Cl)c3)CCOCC2)CCNCC1. The normalized spacial score (nSPS) is 22.8. The summed E-state index contributed by atoms with van der Waals surface area (Å²) in [6.07, 6.45) is 3.61. The Morgan fingerprint density at radius 1 is 1.25 bits per heavy atom. The first-order valence-electron chi connectivity index (χ1n) is 8.87. The smallest absolute Gasteiger partial charge is 0.230 e. The predicted octanol–water partition coefficient (Wildman–Crippen LogP) is 2.89. The molecule has 24 heavy (non-hydrogen) atoms. The monoisotopic (exact) mass is 350 g/mol. The number of rotatable bonds is 4. The van der Waals surface area contributed by atoms with Crippen molar-refractivity contribution in [1.29, 1.82) is 0 Å². The molecule has 1 aromatic rings. The van der Waals surface area contributed by atoms with Crippen LogP contribution in [0.2, 0.25) is 5.02 Å². The Morgan fingerprint density at radius 3 is 2.62 bits per heavy atom. The number of nitrogens with one attached hydrogen (secondary N) is 2. The number of benzene rings is 1. The summed E-state index contributed by atoms with van der Waals surface area (Å²) in [7, 11) is 0. The highest BCUT2D eigenvalue weighted by molar-refractivity contribution is 6.30. The van der Waals surface area contributed by atoms with Crippen molar-refractivity contribution < 1.29 is 9.53 Å². The number of hydrogen-bond donors (Lipinski definition) is 2. The van der Waals surface area contributed by atoms with E-state index < -0.39 is 5.41 Å². The molecule has 4 nitrogen and oxygen atoms in total. The van der Waals surface area contributed by atoms with Crippen molar-refractivity contribution in [3.63, 3.8) is 0 Å². The van der Waals surface area contributed by atoms with E-state index in [1.54, 1.807) is 0 Å². The van der Waals surface area contributed by atoms with Gasteiger partial charge in [0.1, 0.15) is 0 Å². The van der Waals surface area contributed by atoms with Crippen LogP contribution in [-0.2, 0) is 14.9 Å². The number of piperidine rings is 1. The van der Waals surface area contributed by atoms with Gasteiger partial charge in [0.2, 0.25) is 5.91 Å². The van der Waals surface area contributed by atoms with Gasteiger partial charge >= 0.3 is 0 Å². The van der Waals surface area contributed by atoms with Crippen LogP contribution in [0.15, 0.2) is 24.3 Å². The first-order chi connectivity index (χ1) is 11.5. The van der Waals surface area contributed by atoms with E-state index >= 15 is 0 Å². The third-order valence-corrected chi connectivity index (χ3v) is 5.88. The highest BCUT2D eigenvalue weighted by atomic mass is 35.5. The van der Waals surface area contributed by atoms with Gasteiger partial charge < -0.3 is 15.4 Å². The molecule has 2 heterocycles. The first-order valence-corrected chi connectivity index (χ1v) is 9.25. The largest absolute Gasteiger partial charge is 0.381 e. The van der Waals surface area contributed by atoms with Crippen molar-refractivity contribution in [3.05, 3.63) is 34.9 Å². The summed E-state index contributed by atoms with van der Waals surface area (Å²) in [5.41, 5.74) is 0.667. The molecular weight excluding hydrogens is 324 g/mol. The molecule has 2 saturated heterocycles. The van der Waals surface area contributed by atoms with Gasteiger partial charge in [-0.15, -0.1) is 0 Å². The van der Waals surface area contributed by atoms with Crippen molar-refractivity contribution >= 4 is 17.5 Å². The zero-order valence-corrected chi connectivity index (χ0v) is 15.1. The van der Waals surface area contributed by atoms with Gasteiger partial charge in [0.25, 0.3) is 0 Å². The zero-order valence-electron chi connectivity index (χ0n) is 14.4. The van der Waals surface area contributed by atoms with Crippen LogP contribution in [0.3, 0.4) is 0 Å². The average molecular weight is 351 g/mol. The molecule has 0 radical (unpaired) electrons. The van der Waals surface area contributed by atoms with Crippen LogP contribution < -0.4 is 10.6 Å². The highest BCUT2D eigenvalue weighted by Gasteiger charge is 2.42. The van der Waals surface area contributed by atoms with Crippen molar-refractivity contribution in [2.75, 3.05) is 32.8 Å². The number of hydrogen-bond acceptors (Lipinski definition) is 3. The molecule has 2 fully saturated rings. The summed E-state index contributed by atoms with van der Waals surface area (Å²) in [5.74, 6) is 0.118. The van der Waals surface area contributed by atoms with Crippen molar-refractivity contribution in [1.82, 2.24) is 10.6 Å². The maximum absolute atomic E-state index is 13.2. The molecular formula is C19H27ClN2O2. The van der Waals surface area contributed by atoms with E-state index in [9.17, 15) is 4.79 Å². The summed E-state index contributed by atoms with van der Waals surface area (Å²) < 4.78 is 5.52. The average Bonchev–Trinajstić information content (AvgIpc) is 2.61. The van der Waals surface area contributed by atoms with Gasteiger partial charge in [0.15, 0.2) is 0 Å². The topological polar surface area (TPSA) is 50.4 Å². The van der Waals surface area contributed by atoms with E-state index in [4.69, 9.17) is 16.3 Å². The van der Waals surface area contributed by atoms with Crippen LogP contribution in [0.1, 0.15) is 38.2 Å². The van der Waals surface area contributed by atoms with Crippen LogP contribution in [0.4, 0.5) is 0 Å². The van der Waals surface area contributed by atoms with Gasteiger partial charge in [-0.05, 0) is 61.9 Å². The van der Waals surface area contributed by atoms with E-state index in [-0.39, 0.29) is 11.3 Å². The van der Waals surface area contributed by atoms with E-state index in [1.807, 2.05) is 24.3 Å². The van der Waals surface area contributed by atoms with Crippen LogP contribution >= 0.6 is 11.6 Å². The molecule has 1 aromatic carbocycles. The summed E-state index contributed by atoms with van der Waals surface area (Å²) in [6.45, 7) is 6.28. The van der Waals surface area contributed by atoms with E-state index in [0.717, 1.165) is 38.0 Å². The molecule has 0 atom stereocenters. The Morgan fingerprint density at radius 2 is 1.96 bits per heavy atom. The molecule has 2 N–H and O–H groups in total. The van der Waals surface area contributed by atoms with Crippen molar-refractivity contribution in [3.8, 4) is 0 Å². The fourth-order valence-electron chi connectivity index (χ4n) is 3.82. The summed E-state index contributed by atoms with van der Waals surface area (Å²) in [5, 5.41) is 7.32. The third-order valence-electron chi connectivity index (χ3n) is 5.64. The second-order valence-electron chi connectivity index (χ2n) is 7.45. The van der Waals surface area contributed by atoms with E-state index in [2.05, 4.69) is 17.6 Å². The third kappa shape index (κ3) is 3.76. The highest BCUT2D eigenvalue weighted by Crippen LogP contribution is 2.37. The number of carbonyl (C=O) groups is 1. The Bertz CT molecular complexity index is 578. The first kappa shape index (κ1) is 17.7. The van der Waals surface area contributed by atoms with Gasteiger partial charge in [-0.2, -0.15) is 0 Å². The summed E-state index contributed by atoms with van der Waals surface area (Å²) >= 11 is 6.18. The minimum absolute atomic E-state index is 0.118. The lowest BCUT2D eigenvalue weighted by Gasteiger charge is -2.39. The Hall–Kier alpha value is -1.10. The number of amides is 1. The molecule has 1 amide bonds. The predicted molar refractivity (Wildman–Crippen MR) is 96.4 cm³/mol. The second kappa shape index (κ2) is 7.42. The van der Waals surface area contributed by atoms with Crippen LogP contribution in [0, 0.1) is 5.41 Å². The minimum atomic E-state index is -0.521. The summed E-state index contributed by atoms with van der Waals surface area (Å²) in [6, 6.07) is 7.73. The van der Waals surface area contributed by atoms with Crippen molar-refractivity contribution in [2.24, 2.45) is 5.41 Å². The molecule has 3 rings (SSSR count). The molecule has 0 aromatic heterocycles. The molecule has 0 saturated carbocycles. The fourth-order valence-corrected chi connectivity index (χ4v) is 4.01. The lowest BCUT2D eigenvalue weighted by atomic mass is 9.73. The van der Waals surface area contributed by atoms with Crippen LogP contribution in [0.5, 0.6) is 0 Å². The molecule has 5 heteroatoms. The number of ether oxygens (including phenoxy) is 1. The Kier molecular flexibility index (Phi) is 5.48. The second-order valence-corrected chi connectivity index (χ2v) is 7.88. The molecule has 2 aliphatic heterocycles. The number of carbonyl (C=O) groups excluding carboxylic acids is 1. The lowest BCUT2D eigenvalue weighted by molar-refractivity contribution is -0.131. The fraction of sp³-hybridized carbons (Fsp3) is 0.632. The van der Waals surface area contributed by atoms with Gasteiger partial charge in [-0.3, -0.25) is 4.79 Å². The van der Waals surface area contributed by atoms with Gasteiger partial charge in [-0.25, -0.2) is 0 Å². The maximum atomic E-state index is 13.2. The maximum Gasteiger partial charge on any atom is 0.230 e. The number of halogens is 1. The lowest BCUT2D eigenvalue weighted by Crippen LogP contribution is -2.51. The molecule has 0 spiro atoms. The molecule has 0 bridgehead atoms. The quantitative estimate of drug-likeness (QED) is 0.877. The summed E-state index contributed by atoms with van der Waals surface area (Å²) in [4.78, 5) is 13.2. The molecule has 132 valence electrons. The van der Waals surface area contributed by atoms with E-state index in [1.165, 1.54) is 0 Å². The molecule has 2 aliphatic rings. The Balaban J connectivity index is 1.77.